The molecule has 0 saturated heterocycles. The highest BCUT2D eigenvalue weighted by Crippen LogP contribution is 2.13. The Hall–Kier alpha value is -1.79. The number of hydrogen-bond donors (Lipinski definition) is 6. The summed E-state index contributed by atoms with van der Waals surface area (Å²) in [7, 11) is 0. The Balaban J connectivity index is 4.65. The summed E-state index contributed by atoms with van der Waals surface area (Å²) in [6.45, 7) is 3.91. The van der Waals surface area contributed by atoms with Crippen LogP contribution < -0.4 is 5.32 Å². The summed E-state index contributed by atoms with van der Waals surface area (Å²) in [6, 6.07) is -1.30. The van der Waals surface area contributed by atoms with Gasteiger partial charge in [-0.1, -0.05) is 129 Å². The van der Waals surface area contributed by atoms with E-state index in [1.54, 1.807) is 0 Å². The second-order valence-electron chi connectivity index (χ2n) is 12.5. The highest BCUT2D eigenvalue weighted by Gasteiger charge is 2.36. The molecule has 0 fully saturated rings. The molecule has 46 heavy (non-hydrogen) atoms. The maximum absolute atomic E-state index is 12.8. The summed E-state index contributed by atoms with van der Waals surface area (Å²) < 4.78 is 10.7. The zero-order valence-electron chi connectivity index (χ0n) is 28.8. The lowest BCUT2D eigenvalue weighted by molar-refractivity contribution is -0.155. The van der Waals surface area contributed by atoms with Gasteiger partial charge in [0.1, 0.15) is 24.4 Å². The van der Waals surface area contributed by atoms with Gasteiger partial charge in [0.05, 0.1) is 19.8 Å². The topological polar surface area (TPSA) is 183 Å². The molecule has 11 heteroatoms. The number of nitrogens with one attached hydrogen (secondary N) is 1. The number of unbranched alkanes of at least 4 members (excludes halogenated alkanes) is 18. The summed E-state index contributed by atoms with van der Waals surface area (Å²) in [6.07, 6.45) is 14.3. The zero-order valence-corrected chi connectivity index (χ0v) is 28.8. The molecule has 5 atom stereocenters. The Kier molecular flexibility index (Phi) is 29.3. The molecule has 0 aliphatic heterocycles. The molecule has 6 N–H and O–H groups in total. The van der Waals surface area contributed by atoms with Gasteiger partial charge in [0, 0.05) is 6.42 Å². The number of rotatable bonds is 32. The van der Waals surface area contributed by atoms with Crippen molar-refractivity contribution < 1.29 is 49.4 Å². The number of ether oxygens (including phenoxy) is 2. The molecule has 0 radical (unpaired) electrons. The van der Waals surface area contributed by atoms with Crippen molar-refractivity contribution in [3.05, 3.63) is 0 Å². The van der Waals surface area contributed by atoms with Gasteiger partial charge in [0.2, 0.25) is 0 Å². The predicted octanol–water partition coefficient (Wildman–Crippen LogP) is 4.62. The van der Waals surface area contributed by atoms with Crippen molar-refractivity contribution >= 4 is 17.8 Å². The van der Waals surface area contributed by atoms with Crippen molar-refractivity contribution in [3.63, 3.8) is 0 Å². The molecule has 0 unspecified atom stereocenters. The summed E-state index contributed by atoms with van der Waals surface area (Å²) in [5.41, 5.74) is 0. The maximum Gasteiger partial charge on any atom is 0.328 e. The molecule has 0 aromatic heterocycles. The second-order valence-corrected chi connectivity index (χ2v) is 12.5. The number of amides is 1. The number of carbonyl (C=O) groups is 3. The summed E-state index contributed by atoms with van der Waals surface area (Å²) >= 11 is 0. The number of aliphatic hydroxyl groups is 5. The molecule has 0 rings (SSSR count). The quantitative estimate of drug-likeness (QED) is 0.0440. The first-order valence-corrected chi connectivity index (χ1v) is 18.1. The highest BCUT2D eigenvalue weighted by molar-refractivity contribution is 5.87. The lowest BCUT2D eigenvalue weighted by Crippen LogP contribution is -2.54. The van der Waals surface area contributed by atoms with Crippen molar-refractivity contribution in [3.8, 4) is 0 Å². The number of carbonyl (C=O) groups excluding carboxylic acids is 3. The average Bonchev–Trinajstić information content (AvgIpc) is 3.06. The number of esters is 2. The predicted molar refractivity (Wildman–Crippen MR) is 178 cm³/mol. The van der Waals surface area contributed by atoms with E-state index in [1.165, 1.54) is 83.5 Å². The smallest absolute Gasteiger partial charge is 0.328 e. The van der Waals surface area contributed by atoms with Crippen LogP contribution in [0.3, 0.4) is 0 Å². The third-order valence-electron chi connectivity index (χ3n) is 8.26. The number of hydrogen-bond acceptors (Lipinski definition) is 10. The van der Waals surface area contributed by atoms with Gasteiger partial charge < -0.3 is 40.3 Å². The first-order chi connectivity index (χ1) is 22.2. The standard InChI is InChI=1S/C35H67NO10/c1-3-5-7-9-11-13-15-17-19-21-25-45-30(39)24-23-28(36-34(43)33(42)32(41)31(40)29(38)27-37)35(44)46-26-22-20-18-16-14-12-10-8-6-4-2/h28-29,31-33,37-38,40-42H,3-27H2,1-2H3,(H,36,43)/t28-,29+,31+,32-,33+/m0/s1. The molecule has 0 aliphatic rings. The van der Waals surface area contributed by atoms with Gasteiger partial charge >= 0.3 is 11.9 Å². The average molecular weight is 662 g/mol. The van der Waals surface area contributed by atoms with Crippen LogP contribution >= 0.6 is 0 Å². The Morgan fingerprint density at radius 3 is 1.43 bits per heavy atom. The Bertz CT molecular complexity index is 753. The van der Waals surface area contributed by atoms with Gasteiger partial charge in [-0.25, -0.2) is 4.79 Å². The van der Waals surface area contributed by atoms with E-state index < -0.39 is 54.9 Å². The van der Waals surface area contributed by atoms with Gasteiger partial charge in [0.15, 0.2) is 6.10 Å². The summed E-state index contributed by atoms with van der Waals surface area (Å²) in [5.74, 6) is -2.51. The lowest BCUT2D eigenvalue weighted by Gasteiger charge is -2.26. The molecule has 272 valence electrons. The first kappa shape index (κ1) is 44.2. The van der Waals surface area contributed by atoms with Crippen molar-refractivity contribution in [1.82, 2.24) is 5.32 Å². The van der Waals surface area contributed by atoms with Gasteiger partial charge in [0.25, 0.3) is 5.91 Å². The van der Waals surface area contributed by atoms with E-state index in [0.717, 1.165) is 38.5 Å². The zero-order chi connectivity index (χ0) is 34.4. The van der Waals surface area contributed by atoms with Crippen molar-refractivity contribution in [1.29, 1.82) is 0 Å². The lowest BCUT2D eigenvalue weighted by atomic mass is 10.0. The van der Waals surface area contributed by atoms with Crippen LogP contribution in [0, 0.1) is 0 Å². The fraction of sp³-hybridized carbons (Fsp3) is 0.914. The molecule has 11 nitrogen and oxygen atoms in total. The fourth-order valence-electron chi connectivity index (χ4n) is 5.16. The van der Waals surface area contributed by atoms with Crippen molar-refractivity contribution in [2.75, 3.05) is 19.8 Å². The van der Waals surface area contributed by atoms with Crippen LogP contribution in [0.5, 0.6) is 0 Å². The van der Waals surface area contributed by atoms with E-state index in [9.17, 15) is 34.8 Å². The van der Waals surface area contributed by atoms with Gasteiger partial charge in [-0.05, 0) is 19.3 Å². The minimum absolute atomic E-state index is 0.136. The van der Waals surface area contributed by atoms with Crippen molar-refractivity contribution in [2.24, 2.45) is 0 Å². The first-order valence-electron chi connectivity index (χ1n) is 18.1. The van der Waals surface area contributed by atoms with E-state index in [2.05, 4.69) is 19.2 Å². The molecular weight excluding hydrogens is 594 g/mol. The molecule has 0 aromatic rings. The van der Waals surface area contributed by atoms with Crippen LogP contribution in [0.25, 0.3) is 0 Å². The van der Waals surface area contributed by atoms with Gasteiger partial charge in [-0.3, -0.25) is 9.59 Å². The molecule has 0 heterocycles. The molecular formula is C35H67NO10. The monoisotopic (exact) mass is 661 g/mol. The van der Waals surface area contributed by atoms with E-state index in [0.29, 0.717) is 6.42 Å². The molecule has 1 amide bonds. The summed E-state index contributed by atoms with van der Waals surface area (Å²) in [5, 5.41) is 50.9. The maximum atomic E-state index is 12.8. The third kappa shape index (κ3) is 23.5. The Morgan fingerprint density at radius 1 is 0.587 bits per heavy atom. The highest BCUT2D eigenvalue weighted by atomic mass is 16.5. The molecule has 0 aliphatic carbocycles. The van der Waals surface area contributed by atoms with Crippen molar-refractivity contribution in [2.45, 2.75) is 186 Å². The minimum atomic E-state index is -2.21. The van der Waals surface area contributed by atoms with Crippen LogP contribution in [-0.2, 0) is 23.9 Å². The summed E-state index contributed by atoms with van der Waals surface area (Å²) in [4.78, 5) is 37.8. The minimum Gasteiger partial charge on any atom is -0.466 e. The number of aliphatic hydroxyl groups excluding tert-OH is 5. The van der Waals surface area contributed by atoms with Crippen LogP contribution in [0.15, 0.2) is 0 Å². The largest absolute Gasteiger partial charge is 0.466 e. The van der Waals surface area contributed by atoms with Crippen LogP contribution in [-0.4, -0.2) is 93.7 Å². The second kappa shape index (κ2) is 30.5. The molecule has 0 saturated carbocycles. The SMILES string of the molecule is CCCCCCCCCCCCOC(=O)CC[C@H](NC(=O)[C@H](O)[C@@H](O)[C@H](O)[C@H](O)CO)C(=O)OCCCCCCCCCCCC. The normalized spacial score (nSPS) is 14.7. The Morgan fingerprint density at radius 2 is 1.00 bits per heavy atom. The molecule has 0 spiro atoms. The Labute approximate surface area is 277 Å². The molecule has 0 aromatic carbocycles. The fourth-order valence-corrected chi connectivity index (χ4v) is 5.16. The van der Waals surface area contributed by atoms with Gasteiger partial charge in [-0.15, -0.1) is 0 Å². The van der Waals surface area contributed by atoms with E-state index >= 15 is 0 Å². The third-order valence-corrected chi connectivity index (χ3v) is 8.26. The van der Waals surface area contributed by atoms with E-state index in [4.69, 9.17) is 14.6 Å². The van der Waals surface area contributed by atoms with Crippen LogP contribution in [0.4, 0.5) is 0 Å². The van der Waals surface area contributed by atoms with Gasteiger partial charge in [-0.2, -0.15) is 0 Å². The molecule has 0 bridgehead atoms. The van der Waals surface area contributed by atoms with Crippen LogP contribution in [0.1, 0.15) is 155 Å². The van der Waals surface area contributed by atoms with E-state index in [-0.39, 0.29) is 26.1 Å². The van der Waals surface area contributed by atoms with E-state index in [1.807, 2.05) is 0 Å². The van der Waals surface area contributed by atoms with Crippen LogP contribution in [0.2, 0.25) is 0 Å².